The third-order valence-corrected chi connectivity index (χ3v) is 8.84. The van der Waals surface area contributed by atoms with E-state index < -0.39 is 10.0 Å². The number of benzene rings is 4. The first-order chi connectivity index (χ1) is 21.7. The van der Waals surface area contributed by atoms with Crippen molar-refractivity contribution >= 4 is 77.7 Å². The van der Waals surface area contributed by atoms with Crippen LogP contribution in [0.3, 0.4) is 0 Å². The van der Waals surface area contributed by atoms with Gasteiger partial charge in [0.2, 0.25) is 0 Å². The minimum absolute atomic E-state index is 0.00671. The molecule has 1 heterocycles. The Kier molecular flexibility index (Phi) is 9.71. The number of ether oxygens (including phenoxy) is 2. The van der Waals surface area contributed by atoms with Crippen LogP contribution in [0.15, 0.2) is 102 Å². The van der Waals surface area contributed by atoms with Crippen molar-refractivity contribution < 1.29 is 37.6 Å². The fourth-order valence-electron chi connectivity index (χ4n) is 3.95. The summed E-state index contributed by atoms with van der Waals surface area (Å²) in [5.41, 5.74) is 7.21. The summed E-state index contributed by atoms with van der Waals surface area (Å²) in [6, 6.07) is 15.4. The number of sulfonamides is 1. The van der Waals surface area contributed by atoms with Gasteiger partial charge >= 0.3 is 0 Å². The summed E-state index contributed by atoms with van der Waals surface area (Å²) in [6.07, 6.45) is 1.50. The van der Waals surface area contributed by atoms with Crippen molar-refractivity contribution in [3.05, 3.63) is 72.2 Å². The molecule has 0 bridgehead atoms. The molecule has 232 valence electrons. The van der Waals surface area contributed by atoms with E-state index in [0.29, 0.717) is 34.2 Å². The number of aromatic nitrogens is 1. The summed E-state index contributed by atoms with van der Waals surface area (Å²) >= 11 is 1.77. The van der Waals surface area contributed by atoms with E-state index in [9.17, 15) is 13.5 Å². The molecule has 0 amide bonds. The van der Waals surface area contributed by atoms with Gasteiger partial charge in [-0.25, -0.2) is 18.7 Å². The Labute approximate surface area is 264 Å². The van der Waals surface area contributed by atoms with Crippen molar-refractivity contribution in [2.45, 2.75) is 9.79 Å². The third kappa shape index (κ3) is 7.28. The Bertz CT molecular complexity index is 1990. The first-order valence-electron chi connectivity index (χ1n) is 12.5. The van der Waals surface area contributed by atoms with Crippen LogP contribution in [0.5, 0.6) is 17.2 Å². The number of azo groups is 2. The second-order valence-electron chi connectivity index (χ2n) is 8.81. The summed E-state index contributed by atoms with van der Waals surface area (Å²) in [4.78, 5) is 4.23. The van der Waals surface area contributed by atoms with Crippen LogP contribution in [0.4, 0.5) is 33.6 Å². The van der Waals surface area contributed by atoms with E-state index in [0.717, 1.165) is 11.3 Å². The Balaban J connectivity index is 1.43. The number of nitrogens with zero attached hydrogens (tertiary/aromatic N) is 5. The highest BCUT2D eigenvalue weighted by molar-refractivity contribution is 7.94. The zero-order valence-corrected chi connectivity index (χ0v) is 25.8. The number of phenolic OH excluding ortho intramolecular Hbond substituents is 1. The fourth-order valence-corrected chi connectivity index (χ4v) is 6.23. The molecule has 5 rings (SSSR count). The lowest BCUT2D eigenvalue weighted by molar-refractivity contribution is -0.432. The zero-order chi connectivity index (χ0) is 32.0. The number of rotatable bonds is 12. The lowest BCUT2D eigenvalue weighted by Gasteiger charge is -2.11. The molecule has 0 saturated carbocycles. The molecule has 0 fully saturated rings. The number of methoxy groups -OCH3 is 2. The lowest BCUT2D eigenvalue weighted by atomic mass is 10.1. The number of thiazole rings is 1. The van der Waals surface area contributed by atoms with Crippen molar-refractivity contribution in [2.75, 3.05) is 24.7 Å². The van der Waals surface area contributed by atoms with Crippen molar-refractivity contribution in [1.29, 1.82) is 0 Å². The van der Waals surface area contributed by atoms with Crippen LogP contribution in [0.1, 0.15) is 0 Å². The monoisotopic (exact) mass is 669 g/mol. The van der Waals surface area contributed by atoms with Gasteiger partial charge in [-0.1, -0.05) is 11.1 Å². The molecule has 0 radical (unpaired) electrons. The molecular weight excluding hydrogens is 647 g/mol. The van der Waals surface area contributed by atoms with Crippen LogP contribution < -0.4 is 19.9 Å². The summed E-state index contributed by atoms with van der Waals surface area (Å²) in [6.45, 7) is 0. The largest absolute Gasteiger partial charge is 0.505 e. The van der Waals surface area contributed by atoms with Gasteiger partial charge < -0.3 is 20.3 Å². The summed E-state index contributed by atoms with van der Waals surface area (Å²) < 4.78 is 43.1. The quantitative estimate of drug-likeness (QED) is 0.0333. The Hall–Kier alpha value is -4.85. The maximum absolute atomic E-state index is 12.6. The fraction of sp³-hybridized carbons (Fsp3) is 0.0741. The van der Waals surface area contributed by atoms with E-state index in [1.165, 1.54) is 56.8 Å². The van der Waals surface area contributed by atoms with E-state index in [2.05, 4.69) is 39.5 Å². The second-order valence-corrected chi connectivity index (χ2v) is 12.1. The molecule has 0 aliphatic rings. The van der Waals surface area contributed by atoms with E-state index in [-0.39, 0.29) is 49.2 Å². The molecule has 0 unspecified atom stereocenters. The van der Waals surface area contributed by atoms with E-state index in [1.807, 2.05) is 0 Å². The standard InChI is InChI=1S/C27H23N7O8S3/c1-39-22-14-21(32-33-25-24(44-42-41-36)11-15-3-4-16(28)12-19(15)26(25)35)23(40-2)13-20(22)31-30-17-5-7-18(8-6-17)45(37,38)34-27-29-9-10-43-27/h3-14,35-36H,28H2,1-2H3,(H,29,34). The molecule has 0 aliphatic carbocycles. The molecule has 5 aromatic rings. The van der Waals surface area contributed by atoms with Gasteiger partial charge in [-0.3, -0.25) is 4.72 Å². The predicted molar refractivity (Wildman–Crippen MR) is 168 cm³/mol. The van der Waals surface area contributed by atoms with Crippen molar-refractivity contribution in [3.8, 4) is 17.2 Å². The molecule has 0 aliphatic heterocycles. The van der Waals surface area contributed by atoms with Gasteiger partial charge in [0.15, 0.2) is 10.9 Å². The van der Waals surface area contributed by atoms with Crippen LogP contribution in [0, 0.1) is 0 Å². The molecule has 5 N–H and O–H groups in total. The number of aromatic hydroxyl groups is 1. The highest BCUT2D eigenvalue weighted by Crippen LogP contribution is 2.46. The van der Waals surface area contributed by atoms with Gasteiger partial charge in [0.05, 0.1) is 41.7 Å². The SMILES string of the molecule is COc1cc(N=Nc2c(SOOO)cc3ccc(N)cc3c2O)c(OC)cc1N=Nc1ccc(S(=O)(=O)Nc2nccs2)cc1. The number of nitrogens with two attached hydrogens (primary N) is 1. The van der Waals surface area contributed by atoms with Crippen LogP contribution in [-0.2, 0) is 19.4 Å². The molecule has 45 heavy (non-hydrogen) atoms. The average Bonchev–Trinajstić information content (AvgIpc) is 3.55. The predicted octanol–water partition coefficient (Wildman–Crippen LogP) is 7.66. The lowest BCUT2D eigenvalue weighted by Crippen LogP contribution is -2.12. The first-order valence-corrected chi connectivity index (χ1v) is 15.6. The number of nitrogens with one attached hydrogen (secondary N) is 1. The Morgan fingerprint density at radius 1 is 0.933 bits per heavy atom. The Morgan fingerprint density at radius 3 is 2.24 bits per heavy atom. The molecule has 1 aromatic heterocycles. The van der Waals surface area contributed by atoms with Crippen LogP contribution in [0.2, 0.25) is 0 Å². The van der Waals surface area contributed by atoms with Gasteiger partial charge in [0, 0.05) is 34.8 Å². The minimum atomic E-state index is -3.82. The van der Waals surface area contributed by atoms with E-state index in [4.69, 9.17) is 20.5 Å². The summed E-state index contributed by atoms with van der Waals surface area (Å²) in [7, 11) is -0.968. The van der Waals surface area contributed by atoms with Crippen molar-refractivity contribution in [1.82, 2.24) is 4.98 Å². The normalized spacial score (nSPS) is 11.9. The summed E-state index contributed by atoms with van der Waals surface area (Å²) in [5, 5.41) is 43.2. The van der Waals surface area contributed by atoms with Crippen molar-refractivity contribution in [2.24, 2.45) is 20.5 Å². The molecule has 18 heteroatoms. The molecule has 0 saturated heterocycles. The number of nitrogen functional groups attached to an aromatic ring is 1. The van der Waals surface area contributed by atoms with Crippen LogP contribution in [-0.4, -0.2) is 38.0 Å². The zero-order valence-electron chi connectivity index (χ0n) is 23.3. The van der Waals surface area contributed by atoms with E-state index >= 15 is 0 Å². The van der Waals surface area contributed by atoms with Gasteiger partial charge in [0.25, 0.3) is 10.0 Å². The number of hydrogen-bond donors (Lipinski definition) is 4. The van der Waals surface area contributed by atoms with Crippen LogP contribution >= 0.6 is 23.4 Å². The molecule has 0 atom stereocenters. The van der Waals surface area contributed by atoms with Crippen LogP contribution in [0.25, 0.3) is 10.8 Å². The average molecular weight is 670 g/mol. The molecule has 15 nitrogen and oxygen atoms in total. The molecule has 4 aromatic carbocycles. The minimum Gasteiger partial charge on any atom is -0.505 e. The van der Waals surface area contributed by atoms with Crippen molar-refractivity contribution in [3.63, 3.8) is 0 Å². The second kappa shape index (κ2) is 13.8. The van der Waals surface area contributed by atoms with Gasteiger partial charge in [-0.2, -0.15) is 5.11 Å². The highest BCUT2D eigenvalue weighted by Gasteiger charge is 2.18. The Morgan fingerprint density at radius 2 is 1.62 bits per heavy atom. The smallest absolute Gasteiger partial charge is 0.263 e. The van der Waals surface area contributed by atoms with Gasteiger partial charge in [-0.05, 0) is 47.9 Å². The van der Waals surface area contributed by atoms with Gasteiger partial charge in [-0.15, -0.1) is 31.0 Å². The maximum Gasteiger partial charge on any atom is 0.263 e. The number of anilines is 2. The number of phenols is 1. The number of hydrogen-bond acceptors (Lipinski definition) is 16. The third-order valence-electron chi connectivity index (χ3n) is 6.04. The first kappa shape index (κ1) is 31.6. The molecular formula is C27H23N7O8S3. The van der Waals surface area contributed by atoms with E-state index in [1.54, 1.807) is 29.6 Å². The summed E-state index contributed by atoms with van der Waals surface area (Å²) in [5.74, 6) is 0.279. The highest BCUT2D eigenvalue weighted by atomic mass is 32.2. The van der Waals surface area contributed by atoms with Gasteiger partial charge in [0.1, 0.15) is 28.6 Å². The number of fused-ring (bicyclic) bond motifs is 1. The topological polar surface area (TPSA) is 212 Å². The molecule has 0 spiro atoms. The maximum atomic E-state index is 12.6.